The van der Waals surface area contributed by atoms with Gasteiger partial charge in [-0.2, -0.15) is 0 Å². The second kappa shape index (κ2) is 6.67. The van der Waals surface area contributed by atoms with E-state index in [9.17, 15) is 20.2 Å². The highest BCUT2D eigenvalue weighted by atomic mass is 16.6. The van der Waals surface area contributed by atoms with Gasteiger partial charge in [-0.1, -0.05) is 0 Å². The number of anilines is 2. The molecule has 1 aromatic heterocycles. The van der Waals surface area contributed by atoms with Gasteiger partial charge in [-0.15, -0.1) is 0 Å². The van der Waals surface area contributed by atoms with Crippen molar-refractivity contribution in [2.45, 2.75) is 6.92 Å². The van der Waals surface area contributed by atoms with Crippen LogP contribution in [0.1, 0.15) is 5.82 Å². The normalized spacial score (nSPS) is 14.4. The topological polar surface area (TPSA) is 119 Å². The molecule has 130 valence electrons. The van der Waals surface area contributed by atoms with E-state index in [2.05, 4.69) is 14.9 Å². The van der Waals surface area contributed by atoms with Crippen LogP contribution in [0, 0.1) is 27.2 Å². The van der Waals surface area contributed by atoms with Crippen molar-refractivity contribution in [3.05, 3.63) is 56.5 Å². The van der Waals surface area contributed by atoms with E-state index in [1.807, 2.05) is 17.9 Å². The molecule has 0 atom stereocenters. The van der Waals surface area contributed by atoms with E-state index in [1.54, 1.807) is 6.20 Å². The first-order chi connectivity index (χ1) is 12.0. The van der Waals surface area contributed by atoms with Gasteiger partial charge in [0.2, 0.25) is 0 Å². The molecule has 0 amide bonds. The summed E-state index contributed by atoms with van der Waals surface area (Å²) in [7, 11) is 0. The number of nitro benzene ring substituents is 2. The quantitative estimate of drug-likeness (QED) is 0.609. The van der Waals surface area contributed by atoms with E-state index in [0.717, 1.165) is 11.9 Å². The van der Waals surface area contributed by atoms with Gasteiger partial charge < -0.3 is 9.80 Å². The summed E-state index contributed by atoms with van der Waals surface area (Å²) in [5.41, 5.74) is -0.139. The van der Waals surface area contributed by atoms with Crippen molar-refractivity contribution < 1.29 is 9.85 Å². The van der Waals surface area contributed by atoms with Crippen molar-refractivity contribution in [2.24, 2.45) is 0 Å². The highest BCUT2D eigenvalue weighted by molar-refractivity contribution is 5.67. The third kappa shape index (κ3) is 3.47. The summed E-state index contributed by atoms with van der Waals surface area (Å²) < 4.78 is 0. The zero-order valence-corrected chi connectivity index (χ0v) is 13.5. The monoisotopic (exact) mass is 344 g/mol. The van der Waals surface area contributed by atoms with Crippen molar-refractivity contribution in [1.82, 2.24) is 9.97 Å². The zero-order valence-electron chi connectivity index (χ0n) is 13.5. The molecule has 1 aliphatic rings. The lowest BCUT2D eigenvalue weighted by atomic mass is 10.2. The Balaban J connectivity index is 1.78. The Kier molecular flexibility index (Phi) is 4.42. The van der Waals surface area contributed by atoms with E-state index in [-0.39, 0.29) is 11.4 Å². The lowest BCUT2D eigenvalue weighted by Gasteiger charge is -2.36. The van der Waals surface area contributed by atoms with Gasteiger partial charge in [0.25, 0.3) is 11.4 Å². The highest BCUT2D eigenvalue weighted by Crippen LogP contribution is 2.32. The SMILES string of the molecule is Cc1nccc(N2CCN(c3ccc([N+](=O)[O-])cc3[N+](=O)[O-])CC2)n1. The molecule has 0 spiro atoms. The Bertz CT molecular complexity index is 819. The molecule has 0 radical (unpaired) electrons. The Morgan fingerprint density at radius 1 is 1.00 bits per heavy atom. The molecule has 0 N–H and O–H groups in total. The second-order valence-corrected chi connectivity index (χ2v) is 5.62. The number of non-ortho nitro benzene ring substituents is 1. The predicted molar refractivity (Wildman–Crippen MR) is 90.9 cm³/mol. The van der Waals surface area contributed by atoms with Crippen LogP contribution >= 0.6 is 0 Å². The van der Waals surface area contributed by atoms with Gasteiger partial charge in [-0.3, -0.25) is 20.2 Å². The second-order valence-electron chi connectivity index (χ2n) is 5.62. The minimum Gasteiger partial charge on any atom is -0.362 e. The van der Waals surface area contributed by atoms with Gasteiger partial charge in [0.05, 0.1) is 15.9 Å². The maximum Gasteiger partial charge on any atom is 0.299 e. The number of nitro groups is 2. The summed E-state index contributed by atoms with van der Waals surface area (Å²) in [4.78, 5) is 33.3. The Hall–Kier alpha value is -3.30. The molecular weight excluding hydrogens is 328 g/mol. The van der Waals surface area contributed by atoms with Crippen LogP contribution in [0.4, 0.5) is 22.9 Å². The van der Waals surface area contributed by atoms with Crippen molar-refractivity contribution >= 4 is 22.9 Å². The van der Waals surface area contributed by atoms with Crippen LogP contribution in [0.15, 0.2) is 30.5 Å². The van der Waals surface area contributed by atoms with Crippen LogP contribution in [-0.4, -0.2) is 46.0 Å². The zero-order chi connectivity index (χ0) is 18.0. The number of piperazine rings is 1. The Morgan fingerprint density at radius 2 is 1.68 bits per heavy atom. The summed E-state index contributed by atoms with van der Waals surface area (Å²) in [6.45, 7) is 4.22. The van der Waals surface area contributed by atoms with Gasteiger partial charge in [0.15, 0.2) is 0 Å². The van der Waals surface area contributed by atoms with Gasteiger partial charge in [0.1, 0.15) is 17.3 Å². The van der Waals surface area contributed by atoms with Gasteiger partial charge in [-0.25, -0.2) is 9.97 Å². The van der Waals surface area contributed by atoms with Gasteiger partial charge in [0, 0.05) is 38.4 Å². The molecule has 0 saturated carbocycles. The smallest absolute Gasteiger partial charge is 0.299 e. The van der Waals surface area contributed by atoms with Gasteiger partial charge in [-0.05, 0) is 19.1 Å². The fourth-order valence-corrected chi connectivity index (χ4v) is 2.84. The van der Waals surface area contributed by atoms with Crippen molar-refractivity contribution in [3.63, 3.8) is 0 Å². The van der Waals surface area contributed by atoms with Crippen molar-refractivity contribution in [3.8, 4) is 0 Å². The van der Waals surface area contributed by atoms with E-state index < -0.39 is 9.85 Å². The molecule has 25 heavy (non-hydrogen) atoms. The molecule has 1 fully saturated rings. The number of rotatable bonds is 4. The molecule has 3 rings (SSSR count). The van der Waals surface area contributed by atoms with Gasteiger partial charge >= 0.3 is 0 Å². The number of aromatic nitrogens is 2. The number of hydrogen-bond donors (Lipinski definition) is 0. The average molecular weight is 344 g/mol. The summed E-state index contributed by atoms with van der Waals surface area (Å²) >= 11 is 0. The number of aryl methyl sites for hydroxylation is 1. The van der Waals surface area contributed by atoms with Crippen LogP contribution < -0.4 is 9.80 Å². The summed E-state index contributed by atoms with van der Waals surface area (Å²) in [5.74, 6) is 1.51. The maximum absolute atomic E-state index is 11.3. The van der Waals surface area contributed by atoms with Crippen LogP contribution in [-0.2, 0) is 0 Å². The molecule has 0 unspecified atom stereocenters. The molecule has 2 aromatic rings. The summed E-state index contributed by atoms with van der Waals surface area (Å²) in [6.07, 6.45) is 1.70. The fraction of sp³-hybridized carbons (Fsp3) is 0.333. The molecular formula is C15H16N6O4. The van der Waals surface area contributed by atoms with E-state index in [0.29, 0.717) is 37.7 Å². The van der Waals surface area contributed by atoms with Crippen molar-refractivity contribution in [1.29, 1.82) is 0 Å². The molecule has 10 heteroatoms. The predicted octanol–water partition coefficient (Wildman–Crippen LogP) is 1.93. The standard InChI is InChI=1S/C15H16N6O4/c1-11-16-5-4-15(17-11)19-8-6-18(7-9-19)13-3-2-12(20(22)23)10-14(13)21(24)25/h2-5,10H,6-9H2,1H3. The largest absolute Gasteiger partial charge is 0.362 e. The molecule has 2 heterocycles. The Labute approximate surface area is 143 Å². The van der Waals surface area contributed by atoms with E-state index in [1.165, 1.54) is 12.1 Å². The molecule has 0 aliphatic carbocycles. The molecule has 1 aromatic carbocycles. The molecule has 1 saturated heterocycles. The van der Waals surface area contributed by atoms with Crippen LogP contribution in [0.3, 0.4) is 0 Å². The molecule has 10 nitrogen and oxygen atoms in total. The Morgan fingerprint density at radius 3 is 2.28 bits per heavy atom. The number of hydrogen-bond acceptors (Lipinski definition) is 8. The average Bonchev–Trinajstić information content (AvgIpc) is 2.61. The molecule has 1 aliphatic heterocycles. The van der Waals surface area contributed by atoms with Crippen LogP contribution in [0.2, 0.25) is 0 Å². The highest BCUT2D eigenvalue weighted by Gasteiger charge is 2.26. The first kappa shape index (κ1) is 16.6. The fourth-order valence-electron chi connectivity index (χ4n) is 2.84. The van der Waals surface area contributed by atoms with E-state index >= 15 is 0 Å². The first-order valence-electron chi connectivity index (χ1n) is 7.68. The van der Waals surface area contributed by atoms with E-state index in [4.69, 9.17) is 0 Å². The van der Waals surface area contributed by atoms with Crippen LogP contribution in [0.5, 0.6) is 0 Å². The third-order valence-corrected chi connectivity index (χ3v) is 4.07. The van der Waals surface area contributed by atoms with Crippen LogP contribution in [0.25, 0.3) is 0 Å². The first-order valence-corrected chi connectivity index (χ1v) is 7.68. The van der Waals surface area contributed by atoms with Crippen molar-refractivity contribution in [2.75, 3.05) is 36.0 Å². The third-order valence-electron chi connectivity index (χ3n) is 4.07. The lowest BCUT2D eigenvalue weighted by molar-refractivity contribution is -0.393. The minimum atomic E-state index is -0.633. The molecule has 0 bridgehead atoms. The lowest BCUT2D eigenvalue weighted by Crippen LogP contribution is -2.47. The number of nitrogens with zero attached hydrogens (tertiary/aromatic N) is 6. The number of benzene rings is 1. The summed E-state index contributed by atoms with van der Waals surface area (Å²) in [6, 6.07) is 5.58. The minimum absolute atomic E-state index is 0.250. The summed E-state index contributed by atoms with van der Waals surface area (Å²) in [5, 5.41) is 22.1. The maximum atomic E-state index is 11.3.